The normalized spacial score (nSPS) is 13.5. The Morgan fingerprint density at radius 3 is 0.846 bits per heavy atom. The molecule has 0 aliphatic carbocycles. The van der Waals surface area contributed by atoms with Crippen molar-refractivity contribution in [1.82, 2.24) is 5.32 Å². The van der Waals surface area contributed by atoms with E-state index in [0.29, 0.717) is 17.4 Å². The molecule has 0 heterocycles. The van der Waals surface area contributed by atoms with Crippen LogP contribution in [0, 0.1) is 0 Å². The number of carbonyl (C=O) groups is 1. The predicted molar refractivity (Wildman–Crippen MR) is 402 cm³/mol. The van der Waals surface area contributed by atoms with E-state index in [1.165, 1.54) is 392 Å². The molecule has 3 N–H and O–H groups in total. The van der Waals surface area contributed by atoms with Gasteiger partial charge in [-0.05, 0) is 44.9 Å². The number of rotatable bonds is 78. The molecule has 0 bridgehead atoms. The summed E-state index contributed by atoms with van der Waals surface area (Å²) in [5.41, 5.74) is 0. The smallest absolute Gasteiger partial charge is 0.387 e. The number of nitrogens with zero attached hydrogens (tertiary/aromatic N) is 1. The quantitative estimate of drug-likeness (QED) is 0.0243. The minimum Gasteiger partial charge on any atom is -0.387 e. The molecule has 91 heavy (non-hydrogen) atoms. The Balaban J connectivity index is 3.90. The minimum absolute atomic E-state index is 0.0650. The number of hydrogen-bond acceptors (Lipinski definition) is 5. The van der Waals surface area contributed by atoms with Crippen LogP contribution in [0.2, 0.25) is 0 Å². The van der Waals surface area contributed by atoms with Crippen LogP contribution in [-0.2, 0) is 18.4 Å². The molecule has 3 unspecified atom stereocenters. The highest BCUT2D eigenvalue weighted by atomic mass is 31.2. The van der Waals surface area contributed by atoms with Crippen LogP contribution in [0.4, 0.5) is 0 Å². The number of phosphoric ester groups is 1. The molecule has 0 saturated carbocycles. The molecular weight excluding hydrogens is 1140 g/mol. The second kappa shape index (κ2) is 73.2. The van der Waals surface area contributed by atoms with Gasteiger partial charge >= 0.3 is 7.82 Å². The van der Waals surface area contributed by atoms with Crippen molar-refractivity contribution < 1.29 is 32.9 Å². The van der Waals surface area contributed by atoms with Crippen LogP contribution in [0.1, 0.15) is 444 Å². The molecule has 0 fully saturated rings. The fraction of sp³-hybridized carbons (Fsp3) is 0.939. The van der Waals surface area contributed by atoms with Gasteiger partial charge in [0.25, 0.3) is 0 Å². The van der Waals surface area contributed by atoms with Crippen LogP contribution >= 0.6 is 7.82 Å². The summed E-state index contributed by atoms with van der Waals surface area (Å²) in [4.78, 5) is 23.5. The van der Waals surface area contributed by atoms with Crippen LogP contribution in [0.25, 0.3) is 0 Å². The average Bonchev–Trinajstić information content (AvgIpc) is 3.58. The lowest BCUT2D eigenvalue weighted by atomic mass is 10.0. The fourth-order valence-electron chi connectivity index (χ4n) is 13.0. The Hall–Kier alpha value is -1.02. The highest BCUT2D eigenvalue weighted by molar-refractivity contribution is 7.47. The number of phosphoric acid groups is 1. The van der Waals surface area contributed by atoms with Crippen LogP contribution in [-0.4, -0.2) is 73.4 Å². The maximum atomic E-state index is 13.1. The Kier molecular flexibility index (Phi) is 72.4. The lowest BCUT2D eigenvalue weighted by molar-refractivity contribution is -0.870. The summed E-state index contributed by atoms with van der Waals surface area (Å²) < 4.78 is 23.9. The van der Waals surface area contributed by atoms with E-state index in [2.05, 4.69) is 31.3 Å². The Labute approximate surface area is 570 Å². The predicted octanol–water partition coefficient (Wildman–Crippen LogP) is 27.0. The number of unbranched alkanes of at least 4 members (excludes halogenated alkanes) is 63. The Morgan fingerprint density at radius 2 is 0.593 bits per heavy atom. The van der Waals surface area contributed by atoms with Crippen molar-refractivity contribution in [2.24, 2.45) is 0 Å². The number of amides is 1. The lowest BCUT2D eigenvalue weighted by Crippen LogP contribution is -2.45. The molecule has 0 radical (unpaired) electrons. The van der Waals surface area contributed by atoms with Crippen molar-refractivity contribution in [2.75, 3.05) is 40.9 Å². The molecule has 0 aliphatic heterocycles. The molecule has 0 spiro atoms. The lowest BCUT2D eigenvalue weighted by Gasteiger charge is -2.25. The molecule has 3 atom stereocenters. The van der Waals surface area contributed by atoms with Crippen molar-refractivity contribution in [2.45, 2.75) is 456 Å². The molecule has 0 rings (SSSR count). The first-order chi connectivity index (χ1) is 44.5. The topological polar surface area (TPSA) is 105 Å². The first-order valence-corrected chi connectivity index (χ1v) is 42.7. The van der Waals surface area contributed by atoms with E-state index >= 15 is 0 Å². The summed E-state index contributed by atoms with van der Waals surface area (Å²) in [5.74, 6) is -0.166. The second-order valence-corrected chi connectivity index (χ2v) is 31.3. The highest BCUT2D eigenvalue weighted by Crippen LogP contribution is 2.43. The fourth-order valence-corrected chi connectivity index (χ4v) is 13.8. The molecule has 0 aromatic heterocycles. The molecule has 0 aromatic rings. The standard InChI is InChI=1S/C82H163N2O6P/c1-6-8-10-12-14-16-18-20-22-24-26-28-30-32-34-36-38-39-40-41-42-43-44-45-46-48-50-52-54-56-58-60-62-64-66-68-70-72-74-76-82(86)83-80(79-90-91(87,88)89-78-77-84(3,4)5)81(85)75-73-71-69-67-65-63-61-59-57-55-53-51-49-47-37-35-33-31-29-27-25-23-21-19-17-15-13-11-9-7-2/h24,26,73,75,80-81,85H,6-23,25,27-72,74,76-79H2,1-5H3,(H-,83,86,87,88)/p+1/b26-24-,75-73+. The SMILES string of the molecule is CCCCCCCCCC/C=C\CCCCCCCCCCCCCCCCCCCCCCCCCCCCCC(=O)NC(COP(=O)(O)OCC[N+](C)(C)C)C(O)/C=C/CCCCCCCCCCCCCCCCCCCCCCCCCCCCCC. The van der Waals surface area contributed by atoms with Gasteiger partial charge in [-0.1, -0.05) is 417 Å². The second-order valence-electron chi connectivity index (χ2n) is 29.9. The number of carbonyl (C=O) groups excluding carboxylic acids is 1. The van der Waals surface area contributed by atoms with Gasteiger partial charge in [0, 0.05) is 6.42 Å². The first-order valence-electron chi connectivity index (χ1n) is 41.2. The maximum absolute atomic E-state index is 13.1. The zero-order chi connectivity index (χ0) is 66.2. The van der Waals surface area contributed by atoms with E-state index in [1.54, 1.807) is 6.08 Å². The third kappa shape index (κ3) is 76.2. The first kappa shape index (κ1) is 90.0. The maximum Gasteiger partial charge on any atom is 0.472 e. The van der Waals surface area contributed by atoms with E-state index in [-0.39, 0.29) is 19.1 Å². The highest BCUT2D eigenvalue weighted by Gasteiger charge is 2.28. The van der Waals surface area contributed by atoms with Crippen molar-refractivity contribution in [3.8, 4) is 0 Å². The van der Waals surface area contributed by atoms with Gasteiger partial charge in [0.2, 0.25) is 5.91 Å². The van der Waals surface area contributed by atoms with E-state index in [0.717, 1.165) is 32.1 Å². The third-order valence-electron chi connectivity index (χ3n) is 19.4. The number of nitrogens with one attached hydrogen (secondary N) is 1. The van der Waals surface area contributed by atoms with Crippen molar-refractivity contribution in [1.29, 1.82) is 0 Å². The number of allylic oxidation sites excluding steroid dienone is 3. The monoisotopic (exact) mass is 1300 g/mol. The average molecular weight is 1310 g/mol. The van der Waals surface area contributed by atoms with Crippen LogP contribution in [0.5, 0.6) is 0 Å². The molecule has 0 aliphatic rings. The number of aliphatic hydroxyl groups excluding tert-OH is 1. The van der Waals surface area contributed by atoms with Crippen LogP contribution in [0.15, 0.2) is 24.3 Å². The molecule has 8 nitrogen and oxygen atoms in total. The van der Waals surface area contributed by atoms with E-state index in [4.69, 9.17) is 9.05 Å². The third-order valence-corrected chi connectivity index (χ3v) is 20.4. The molecule has 542 valence electrons. The largest absolute Gasteiger partial charge is 0.472 e. The number of hydrogen-bond donors (Lipinski definition) is 3. The Bertz CT molecular complexity index is 1530. The van der Waals surface area contributed by atoms with E-state index < -0.39 is 20.0 Å². The molecule has 0 saturated heterocycles. The minimum atomic E-state index is -4.36. The zero-order valence-electron chi connectivity index (χ0n) is 62.4. The van der Waals surface area contributed by atoms with Crippen molar-refractivity contribution >= 4 is 13.7 Å². The molecule has 1 amide bonds. The number of likely N-dealkylation sites (N-methyl/N-ethyl adjacent to an activating group) is 1. The Morgan fingerprint density at radius 1 is 0.363 bits per heavy atom. The van der Waals surface area contributed by atoms with Crippen molar-refractivity contribution in [3.05, 3.63) is 24.3 Å². The van der Waals surface area contributed by atoms with E-state index in [9.17, 15) is 19.4 Å². The van der Waals surface area contributed by atoms with Crippen LogP contribution in [0.3, 0.4) is 0 Å². The summed E-state index contributed by atoms with van der Waals surface area (Å²) in [6.07, 6.45) is 98.2. The summed E-state index contributed by atoms with van der Waals surface area (Å²) in [6, 6.07) is -0.846. The van der Waals surface area contributed by atoms with Crippen molar-refractivity contribution in [3.63, 3.8) is 0 Å². The number of aliphatic hydroxyl groups is 1. The van der Waals surface area contributed by atoms with Gasteiger partial charge in [0.1, 0.15) is 13.2 Å². The molecule has 9 heteroatoms. The number of quaternary nitrogens is 1. The van der Waals surface area contributed by atoms with Gasteiger partial charge in [-0.25, -0.2) is 4.57 Å². The van der Waals surface area contributed by atoms with E-state index in [1.807, 2.05) is 27.2 Å². The van der Waals surface area contributed by atoms with Gasteiger partial charge in [-0.3, -0.25) is 13.8 Å². The zero-order valence-corrected chi connectivity index (χ0v) is 63.3. The summed E-state index contributed by atoms with van der Waals surface area (Å²) >= 11 is 0. The molecule has 0 aromatic carbocycles. The van der Waals surface area contributed by atoms with Gasteiger partial charge in [0.05, 0.1) is 39.9 Å². The molecular formula is C82H164N2O6P+. The van der Waals surface area contributed by atoms with Gasteiger partial charge < -0.3 is 19.8 Å². The van der Waals surface area contributed by atoms with Crippen LogP contribution < -0.4 is 5.32 Å². The summed E-state index contributed by atoms with van der Waals surface area (Å²) in [6.45, 7) is 4.89. The summed E-state index contributed by atoms with van der Waals surface area (Å²) in [7, 11) is 1.60. The van der Waals surface area contributed by atoms with Gasteiger partial charge in [-0.15, -0.1) is 0 Å². The van der Waals surface area contributed by atoms with Gasteiger partial charge in [0.15, 0.2) is 0 Å². The van der Waals surface area contributed by atoms with Gasteiger partial charge in [-0.2, -0.15) is 0 Å². The summed E-state index contributed by atoms with van der Waals surface area (Å²) in [5, 5.41) is 14.1.